The van der Waals surface area contributed by atoms with Gasteiger partial charge in [0.2, 0.25) is 5.91 Å². The second-order valence-electron chi connectivity index (χ2n) is 2.40. The van der Waals surface area contributed by atoms with Crippen LogP contribution in [0.5, 0.6) is 0 Å². The Hall–Kier alpha value is -0.500. The second kappa shape index (κ2) is 10.0. The topological polar surface area (TPSA) is 136 Å². The quantitative estimate of drug-likeness (QED) is 0.342. The minimum absolute atomic E-state index is 0. The Morgan fingerprint density at radius 3 is 1.93 bits per heavy atom. The number of carbonyl (C=O) groups is 3. The van der Waals surface area contributed by atoms with Crippen LogP contribution in [0, 0.1) is 0 Å². The van der Waals surface area contributed by atoms with Gasteiger partial charge in [-0.3, -0.25) is 4.79 Å². The van der Waals surface area contributed by atoms with Gasteiger partial charge in [-0.2, -0.15) is 0 Å². The van der Waals surface area contributed by atoms with E-state index in [1.807, 2.05) is 0 Å². The number of urea groups is 1. The Morgan fingerprint density at radius 2 is 1.80 bits per heavy atom. The van der Waals surface area contributed by atoms with E-state index in [1.165, 1.54) is 0 Å². The molecule has 0 aromatic heterocycles. The summed E-state index contributed by atoms with van der Waals surface area (Å²) in [6, 6.07) is -1.47. The molecule has 1 rings (SSSR count). The van der Waals surface area contributed by atoms with Crippen molar-refractivity contribution in [2.75, 3.05) is 0 Å². The molecule has 1 aliphatic heterocycles. The van der Waals surface area contributed by atoms with Crippen LogP contribution in [0.4, 0.5) is 4.79 Å². The van der Waals surface area contributed by atoms with Gasteiger partial charge in [0.15, 0.2) is 0 Å². The molecule has 0 radical (unpaired) electrons. The predicted octanol–water partition coefficient (Wildman–Crippen LogP) is -7.62. The van der Waals surface area contributed by atoms with Crippen LogP contribution in [0.15, 0.2) is 0 Å². The summed E-state index contributed by atoms with van der Waals surface area (Å²) < 4.78 is 0. The maximum absolute atomic E-state index is 10.4. The molecule has 0 aromatic carbocycles. The third-order valence-electron chi connectivity index (χ3n) is 1.29. The number of carboxylic acid groups (broad SMARTS) is 1. The monoisotopic (exact) mass is 247 g/mol. The average Bonchev–Trinajstić information content (AvgIpc) is 2.34. The molecular weight excluding hydrogens is 237 g/mol. The van der Waals surface area contributed by atoms with Crippen LogP contribution in [0.1, 0.15) is 12.8 Å². The zero-order chi connectivity index (χ0) is 10.4. The number of hydrogen-bond donors (Lipinski definition) is 4. The van der Waals surface area contributed by atoms with Crippen molar-refractivity contribution in [3.05, 3.63) is 0 Å². The first-order valence-electron chi connectivity index (χ1n) is 3.50. The van der Waals surface area contributed by atoms with Crippen LogP contribution < -0.4 is 58.7 Å². The minimum Gasteiger partial charge on any atom is -1.00 e. The molecular formula is C6H11ClN3NaO4. The SMILES string of the molecule is NC(N)=O.O=C1CCC(C(=O)O)N1.[Cl-].[Na+]. The number of halogens is 1. The molecule has 0 aromatic rings. The van der Waals surface area contributed by atoms with Gasteiger partial charge in [-0.1, -0.05) is 0 Å². The average molecular weight is 248 g/mol. The molecule has 1 atom stereocenters. The van der Waals surface area contributed by atoms with Gasteiger partial charge in [0.1, 0.15) is 6.04 Å². The summed E-state index contributed by atoms with van der Waals surface area (Å²) in [6.45, 7) is 0. The summed E-state index contributed by atoms with van der Waals surface area (Å²) in [5.74, 6) is -1.11. The fourth-order valence-corrected chi connectivity index (χ4v) is 0.799. The predicted molar refractivity (Wildman–Crippen MR) is 42.6 cm³/mol. The molecule has 1 heterocycles. The summed E-state index contributed by atoms with van der Waals surface area (Å²) >= 11 is 0. The van der Waals surface area contributed by atoms with E-state index in [9.17, 15) is 9.59 Å². The first-order chi connectivity index (χ1) is 5.93. The molecule has 82 valence electrons. The van der Waals surface area contributed by atoms with E-state index in [2.05, 4.69) is 16.8 Å². The first-order valence-corrected chi connectivity index (χ1v) is 3.50. The fraction of sp³-hybridized carbons (Fsp3) is 0.500. The summed E-state index contributed by atoms with van der Waals surface area (Å²) in [5, 5.41) is 10.6. The smallest absolute Gasteiger partial charge is 1.00 e. The van der Waals surface area contributed by atoms with Crippen molar-refractivity contribution in [1.82, 2.24) is 5.32 Å². The molecule has 0 saturated carbocycles. The van der Waals surface area contributed by atoms with Gasteiger partial charge >= 0.3 is 41.6 Å². The van der Waals surface area contributed by atoms with Crippen LogP contribution in [0.2, 0.25) is 0 Å². The summed E-state index contributed by atoms with van der Waals surface area (Å²) in [5.41, 5.74) is 8.50. The van der Waals surface area contributed by atoms with Crippen molar-refractivity contribution < 1.29 is 61.5 Å². The van der Waals surface area contributed by atoms with Gasteiger partial charge in [0, 0.05) is 6.42 Å². The maximum Gasteiger partial charge on any atom is 1.00 e. The number of nitrogens with two attached hydrogens (primary N) is 2. The Balaban J connectivity index is -0.000000213. The van der Waals surface area contributed by atoms with Crippen molar-refractivity contribution in [1.29, 1.82) is 0 Å². The third-order valence-corrected chi connectivity index (χ3v) is 1.29. The van der Waals surface area contributed by atoms with Crippen molar-refractivity contribution in [2.45, 2.75) is 18.9 Å². The largest absolute Gasteiger partial charge is 1.00 e. The van der Waals surface area contributed by atoms with Crippen molar-refractivity contribution in [3.63, 3.8) is 0 Å². The van der Waals surface area contributed by atoms with Crippen molar-refractivity contribution >= 4 is 17.9 Å². The van der Waals surface area contributed by atoms with E-state index in [-0.39, 0.29) is 47.9 Å². The van der Waals surface area contributed by atoms with Gasteiger partial charge in [-0.15, -0.1) is 0 Å². The Kier molecular flexibility index (Phi) is 13.4. The summed E-state index contributed by atoms with van der Waals surface area (Å²) in [7, 11) is 0. The standard InChI is InChI=1S/C5H7NO3.CH4N2O.ClH.Na/c7-4-2-1-3(6-4)5(8)9;2-1(3)4;;/h3H,1-2H2,(H,6,7)(H,8,9);(H4,2,3,4);1H;/q;;;+1/p-1. The number of aliphatic carboxylic acids is 1. The number of primary amides is 2. The van der Waals surface area contributed by atoms with Gasteiger partial charge in [0.05, 0.1) is 0 Å². The molecule has 1 unspecified atom stereocenters. The molecule has 1 aliphatic rings. The number of rotatable bonds is 1. The van der Waals surface area contributed by atoms with E-state index in [1.54, 1.807) is 0 Å². The number of nitrogens with one attached hydrogen (secondary N) is 1. The molecule has 7 nitrogen and oxygen atoms in total. The van der Waals surface area contributed by atoms with E-state index in [4.69, 9.17) is 9.90 Å². The first kappa shape index (κ1) is 20.0. The van der Waals surface area contributed by atoms with E-state index < -0.39 is 18.0 Å². The molecule has 0 aliphatic carbocycles. The molecule has 1 saturated heterocycles. The fourth-order valence-electron chi connectivity index (χ4n) is 0.799. The van der Waals surface area contributed by atoms with Crippen LogP contribution in [-0.2, 0) is 9.59 Å². The molecule has 0 bridgehead atoms. The van der Waals surface area contributed by atoms with Crippen LogP contribution in [0.25, 0.3) is 0 Å². The Bertz CT molecular complexity index is 234. The number of amides is 3. The zero-order valence-corrected chi connectivity index (χ0v) is 11.0. The third kappa shape index (κ3) is 11.4. The molecule has 9 heteroatoms. The minimum atomic E-state index is -0.944. The van der Waals surface area contributed by atoms with Crippen molar-refractivity contribution in [3.8, 4) is 0 Å². The Morgan fingerprint density at radius 1 is 1.40 bits per heavy atom. The number of carboxylic acids is 1. The van der Waals surface area contributed by atoms with Crippen LogP contribution in [-0.4, -0.2) is 29.1 Å². The zero-order valence-electron chi connectivity index (χ0n) is 8.20. The van der Waals surface area contributed by atoms with Gasteiger partial charge < -0.3 is 34.3 Å². The summed E-state index contributed by atoms with van der Waals surface area (Å²) in [4.78, 5) is 29.5. The number of hydrogen-bond acceptors (Lipinski definition) is 3. The van der Waals surface area contributed by atoms with E-state index >= 15 is 0 Å². The van der Waals surface area contributed by atoms with Gasteiger partial charge in [-0.05, 0) is 6.42 Å². The molecule has 6 N–H and O–H groups in total. The molecule has 0 spiro atoms. The van der Waals surface area contributed by atoms with Crippen molar-refractivity contribution in [2.24, 2.45) is 11.5 Å². The van der Waals surface area contributed by atoms with Gasteiger partial charge in [-0.25, -0.2) is 9.59 Å². The number of carbonyl (C=O) groups excluding carboxylic acids is 2. The molecule has 1 fully saturated rings. The van der Waals surface area contributed by atoms with Gasteiger partial charge in [0.25, 0.3) is 0 Å². The normalized spacial score (nSPS) is 17.1. The van der Waals surface area contributed by atoms with E-state index in [0.717, 1.165) is 0 Å². The molecule has 15 heavy (non-hydrogen) atoms. The van der Waals surface area contributed by atoms with Crippen LogP contribution >= 0.6 is 0 Å². The maximum atomic E-state index is 10.4. The van der Waals surface area contributed by atoms with E-state index in [0.29, 0.717) is 12.8 Å². The Labute approximate surface area is 115 Å². The summed E-state index contributed by atoms with van der Waals surface area (Å²) in [6.07, 6.45) is 0.769. The molecule has 3 amide bonds. The van der Waals surface area contributed by atoms with Crippen LogP contribution in [0.3, 0.4) is 0 Å². The second-order valence-corrected chi connectivity index (χ2v) is 2.40.